The standard InChI is InChI=1S/C29H26F3NO3S2/c30-29(31,32)23-11-13-24(14-12-23)37-19-21-6-3-5-20(17-21)10-15-26(34)25-8-4-16-33(25)38(35)28-18-22-7-1-2-9-27(22)36-28/h1-3,5-7,9,11-14,17-18,25H,4,8,10,15-16,19H2. The van der Waals surface area contributed by atoms with Gasteiger partial charge in [0.1, 0.15) is 5.58 Å². The number of hydrogen-bond donors (Lipinski definition) is 0. The van der Waals surface area contributed by atoms with Gasteiger partial charge in [-0.05, 0) is 60.7 Å². The lowest BCUT2D eigenvalue weighted by molar-refractivity contribution is -0.137. The first-order chi connectivity index (χ1) is 18.3. The summed E-state index contributed by atoms with van der Waals surface area (Å²) in [7, 11) is -1.54. The van der Waals surface area contributed by atoms with Gasteiger partial charge in [0.05, 0.1) is 11.6 Å². The summed E-state index contributed by atoms with van der Waals surface area (Å²) < 4.78 is 59.1. The third-order valence-corrected chi connectivity index (χ3v) is 9.09. The molecule has 4 aromatic rings. The molecule has 2 unspecified atom stereocenters. The van der Waals surface area contributed by atoms with Crippen molar-refractivity contribution in [2.45, 2.75) is 53.6 Å². The van der Waals surface area contributed by atoms with Crippen LogP contribution in [0.25, 0.3) is 11.0 Å². The molecule has 0 amide bonds. The zero-order valence-corrected chi connectivity index (χ0v) is 22.1. The number of aryl methyl sites for hydroxylation is 1. The number of carbonyl (C=O) groups is 1. The minimum Gasteiger partial charge on any atom is -0.446 e. The van der Waals surface area contributed by atoms with Crippen molar-refractivity contribution in [1.29, 1.82) is 0 Å². The van der Waals surface area contributed by atoms with Gasteiger partial charge in [-0.3, -0.25) is 4.79 Å². The highest BCUT2D eigenvalue weighted by molar-refractivity contribution is 7.98. The predicted molar refractivity (Wildman–Crippen MR) is 143 cm³/mol. The highest BCUT2D eigenvalue weighted by Crippen LogP contribution is 2.32. The normalized spacial score (nSPS) is 17.2. The van der Waals surface area contributed by atoms with E-state index in [2.05, 4.69) is 0 Å². The minimum absolute atomic E-state index is 0.0662. The molecule has 0 aliphatic carbocycles. The summed E-state index contributed by atoms with van der Waals surface area (Å²) in [5, 5.41) is 1.25. The monoisotopic (exact) mass is 557 g/mol. The second kappa shape index (κ2) is 11.5. The molecule has 1 aromatic heterocycles. The minimum atomic E-state index is -4.34. The number of alkyl halides is 3. The maximum Gasteiger partial charge on any atom is 0.416 e. The molecular weight excluding hydrogens is 531 g/mol. The number of carbonyl (C=O) groups excluding carboxylic acids is 1. The van der Waals surface area contributed by atoms with E-state index in [0.29, 0.717) is 42.2 Å². The van der Waals surface area contributed by atoms with Crippen LogP contribution in [0.2, 0.25) is 0 Å². The van der Waals surface area contributed by atoms with E-state index >= 15 is 0 Å². The smallest absolute Gasteiger partial charge is 0.416 e. The Morgan fingerprint density at radius 2 is 1.76 bits per heavy atom. The van der Waals surface area contributed by atoms with Gasteiger partial charge in [-0.25, -0.2) is 8.51 Å². The van der Waals surface area contributed by atoms with Gasteiger partial charge in [-0.2, -0.15) is 13.2 Å². The molecule has 1 fully saturated rings. The number of rotatable bonds is 9. The van der Waals surface area contributed by atoms with Crippen molar-refractivity contribution in [3.05, 3.63) is 95.6 Å². The molecule has 1 saturated heterocycles. The maximum atomic E-state index is 13.2. The van der Waals surface area contributed by atoms with Crippen LogP contribution in [0.1, 0.15) is 36.0 Å². The molecule has 0 N–H and O–H groups in total. The Hall–Kier alpha value is -2.88. The number of ketones is 1. The Morgan fingerprint density at radius 3 is 2.53 bits per heavy atom. The van der Waals surface area contributed by atoms with E-state index in [0.717, 1.165) is 40.0 Å². The van der Waals surface area contributed by atoms with Crippen LogP contribution in [0.4, 0.5) is 13.2 Å². The van der Waals surface area contributed by atoms with Gasteiger partial charge in [0.15, 0.2) is 16.8 Å². The first-order valence-corrected chi connectivity index (χ1v) is 14.4. The molecule has 0 spiro atoms. The molecule has 9 heteroatoms. The number of thioether (sulfide) groups is 1. The quantitative estimate of drug-likeness (QED) is 0.201. The Kier molecular flexibility index (Phi) is 8.07. The molecule has 198 valence electrons. The van der Waals surface area contributed by atoms with Crippen LogP contribution in [0.3, 0.4) is 0 Å². The molecule has 1 aliphatic rings. The van der Waals surface area contributed by atoms with Gasteiger partial charge in [0.2, 0.25) is 5.09 Å². The first-order valence-electron chi connectivity index (χ1n) is 12.4. The Bertz CT molecular complexity index is 1420. The zero-order chi connectivity index (χ0) is 26.7. The lowest BCUT2D eigenvalue weighted by Crippen LogP contribution is -2.37. The van der Waals surface area contributed by atoms with Crippen LogP contribution < -0.4 is 0 Å². The molecule has 0 saturated carbocycles. The molecule has 4 nitrogen and oxygen atoms in total. The number of para-hydroxylation sites is 1. The van der Waals surface area contributed by atoms with Crippen LogP contribution in [-0.2, 0) is 34.1 Å². The van der Waals surface area contributed by atoms with E-state index in [4.69, 9.17) is 4.42 Å². The van der Waals surface area contributed by atoms with Crippen molar-refractivity contribution in [1.82, 2.24) is 4.31 Å². The van der Waals surface area contributed by atoms with Gasteiger partial charge < -0.3 is 4.42 Å². The van der Waals surface area contributed by atoms with Crippen LogP contribution in [0.5, 0.6) is 0 Å². The van der Waals surface area contributed by atoms with Gasteiger partial charge in [0.25, 0.3) is 0 Å². The molecule has 2 heterocycles. The summed E-state index contributed by atoms with van der Waals surface area (Å²) in [5.74, 6) is 0.677. The van der Waals surface area contributed by atoms with Crippen molar-refractivity contribution < 1.29 is 26.6 Å². The second-order valence-corrected chi connectivity index (χ2v) is 11.7. The fraction of sp³-hybridized carbons (Fsp3) is 0.276. The fourth-order valence-corrected chi connectivity index (χ4v) is 6.85. The van der Waals surface area contributed by atoms with Gasteiger partial charge >= 0.3 is 6.18 Å². The van der Waals surface area contributed by atoms with Crippen molar-refractivity contribution in [3.63, 3.8) is 0 Å². The van der Waals surface area contributed by atoms with Gasteiger partial charge in [0, 0.05) is 35.1 Å². The summed E-state index contributed by atoms with van der Waals surface area (Å²) in [6.45, 7) is 0.580. The predicted octanol–water partition coefficient (Wildman–Crippen LogP) is 7.43. The number of benzene rings is 3. The SMILES string of the molecule is O=C(CCc1cccc(CSc2ccc(C(F)(F)F)cc2)c1)C1CCCN1S(=O)c1cc2ccccc2o1. The van der Waals surface area contributed by atoms with Gasteiger partial charge in [-0.15, -0.1) is 11.8 Å². The summed E-state index contributed by atoms with van der Waals surface area (Å²) in [6, 6.07) is 21.9. The number of halogens is 3. The average Bonchev–Trinajstić information content (AvgIpc) is 3.58. The van der Waals surface area contributed by atoms with E-state index in [1.54, 1.807) is 10.4 Å². The van der Waals surface area contributed by atoms with Crippen molar-refractivity contribution in [3.8, 4) is 0 Å². The van der Waals surface area contributed by atoms with Gasteiger partial charge in [-0.1, -0.05) is 42.5 Å². The van der Waals surface area contributed by atoms with Crippen LogP contribution in [0, 0.1) is 0 Å². The molecule has 3 aromatic carbocycles. The van der Waals surface area contributed by atoms with E-state index in [9.17, 15) is 22.2 Å². The van der Waals surface area contributed by atoms with E-state index in [1.165, 1.54) is 23.9 Å². The summed E-state index contributed by atoms with van der Waals surface area (Å²) in [4.78, 5) is 13.9. The summed E-state index contributed by atoms with van der Waals surface area (Å²) in [5.41, 5.74) is 2.07. The van der Waals surface area contributed by atoms with Crippen molar-refractivity contribution >= 4 is 39.5 Å². The zero-order valence-electron chi connectivity index (χ0n) is 20.4. The Balaban J connectivity index is 1.17. The molecule has 1 aliphatic heterocycles. The number of fused-ring (bicyclic) bond motifs is 1. The van der Waals surface area contributed by atoms with Crippen molar-refractivity contribution in [2.24, 2.45) is 0 Å². The number of nitrogens with zero attached hydrogens (tertiary/aromatic N) is 1. The lowest BCUT2D eigenvalue weighted by atomic mass is 10.0. The third kappa shape index (κ3) is 6.22. The highest BCUT2D eigenvalue weighted by Gasteiger charge is 2.35. The maximum absolute atomic E-state index is 13.2. The van der Waals surface area contributed by atoms with Crippen molar-refractivity contribution in [2.75, 3.05) is 6.54 Å². The van der Waals surface area contributed by atoms with E-state index in [1.807, 2.05) is 48.5 Å². The average molecular weight is 558 g/mol. The lowest BCUT2D eigenvalue weighted by Gasteiger charge is -2.21. The largest absolute Gasteiger partial charge is 0.446 e. The topological polar surface area (TPSA) is 50.5 Å². The fourth-order valence-electron chi connectivity index (χ4n) is 4.64. The van der Waals surface area contributed by atoms with Crippen LogP contribution in [0.15, 0.2) is 93.3 Å². The Labute approximate surface area is 225 Å². The number of hydrogen-bond acceptors (Lipinski definition) is 4. The van der Waals surface area contributed by atoms with Crippen LogP contribution >= 0.6 is 11.8 Å². The Morgan fingerprint density at radius 1 is 1.00 bits per heavy atom. The number of furan rings is 1. The second-order valence-electron chi connectivity index (χ2n) is 9.25. The molecule has 0 bridgehead atoms. The number of Topliss-reactive ketones (excluding diaryl/α,β-unsaturated/α-hetero) is 1. The third-order valence-electron chi connectivity index (χ3n) is 6.60. The molecule has 5 rings (SSSR count). The summed E-state index contributed by atoms with van der Waals surface area (Å²) >= 11 is 1.47. The van der Waals surface area contributed by atoms with E-state index < -0.39 is 28.8 Å². The molecule has 38 heavy (non-hydrogen) atoms. The highest BCUT2D eigenvalue weighted by atomic mass is 32.2. The first kappa shape index (κ1) is 26.7. The molecule has 0 radical (unpaired) electrons. The summed E-state index contributed by atoms with van der Waals surface area (Å²) in [6.07, 6.45) is -1.95. The molecular formula is C29H26F3NO3S2. The van der Waals surface area contributed by atoms with Crippen LogP contribution in [-0.4, -0.2) is 26.9 Å². The molecule has 2 atom stereocenters. The van der Waals surface area contributed by atoms with E-state index in [-0.39, 0.29) is 5.78 Å².